The fourth-order valence-corrected chi connectivity index (χ4v) is 4.08. The van der Waals surface area contributed by atoms with Gasteiger partial charge in [0.25, 0.3) is 6.01 Å². The summed E-state index contributed by atoms with van der Waals surface area (Å²) in [4.78, 5) is 45.9. The second kappa shape index (κ2) is 11.4. The zero-order chi connectivity index (χ0) is 29.1. The number of piperazine rings is 1. The van der Waals surface area contributed by atoms with Crippen LogP contribution in [0.25, 0.3) is 11.3 Å². The van der Waals surface area contributed by atoms with Crippen LogP contribution in [0.4, 0.5) is 21.3 Å². The molecule has 0 spiro atoms. The number of oxazole rings is 1. The highest BCUT2D eigenvalue weighted by Crippen LogP contribution is 2.28. The lowest BCUT2D eigenvalue weighted by atomic mass is 10.0. The molecule has 214 valence electrons. The third-order valence-electron chi connectivity index (χ3n) is 5.87. The molecule has 1 fully saturated rings. The summed E-state index contributed by atoms with van der Waals surface area (Å²) in [6.07, 6.45) is 1.93. The standard InChI is InChI=1S/C29H36N4O7/c1-28(2,3)39-26(35)31-21-10-9-19(23-8-7-15-37-23)16-20(21)17-22(34)24-18-30-25(38-24)32-11-13-33(14-12-32)27(36)40-29(4,5)6/h7-10,15-16,18H,11-14,17H2,1-6H3,(H,31,35). The monoisotopic (exact) mass is 552 g/mol. The van der Waals surface area contributed by atoms with Crippen molar-refractivity contribution in [3.05, 3.63) is 54.1 Å². The maximum atomic E-state index is 13.3. The molecule has 11 nitrogen and oxygen atoms in total. The number of hydrogen-bond donors (Lipinski definition) is 1. The highest BCUT2D eigenvalue weighted by molar-refractivity contribution is 5.97. The van der Waals surface area contributed by atoms with E-state index < -0.39 is 17.3 Å². The predicted molar refractivity (Wildman–Crippen MR) is 149 cm³/mol. The third-order valence-corrected chi connectivity index (χ3v) is 5.87. The van der Waals surface area contributed by atoms with Gasteiger partial charge in [-0.15, -0.1) is 0 Å². The van der Waals surface area contributed by atoms with Gasteiger partial charge in [0.2, 0.25) is 5.78 Å². The van der Waals surface area contributed by atoms with Gasteiger partial charge < -0.3 is 28.1 Å². The van der Waals surface area contributed by atoms with Crippen molar-refractivity contribution in [1.29, 1.82) is 0 Å². The number of carbonyl (C=O) groups is 3. The molecule has 2 aromatic heterocycles. The molecule has 0 saturated carbocycles. The fourth-order valence-electron chi connectivity index (χ4n) is 4.08. The first kappa shape index (κ1) is 28.7. The molecule has 0 radical (unpaired) electrons. The summed E-state index contributed by atoms with van der Waals surface area (Å²) in [5.74, 6) is 0.413. The number of Topliss-reactive ketones (excluding diaryl/α,β-unsaturated/α-hetero) is 1. The number of nitrogens with one attached hydrogen (secondary N) is 1. The average Bonchev–Trinajstić information content (AvgIpc) is 3.56. The van der Waals surface area contributed by atoms with Crippen LogP contribution in [0.15, 0.2) is 51.6 Å². The number of nitrogens with zero attached hydrogens (tertiary/aromatic N) is 3. The van der Waals surface area contributed by atoms with Crippen LogP contribution in [0.2, 0.25) is 0 Å². The van der Waals surface area contributed by atoms with E-state index in [-0.39, 0.29) is 24.1 Å². The molecule has 40 heavy (non-hydrogen) atoms. The van der Waals surface area contributed by atoms with Gasteiger partial charge in [-0.2, -0.15) is 0 Å². The Labute approximate surface area is 233 Å². The molecule has 4 rings (SSSR count). The van der Waals surface area contributed by atoms with E-state index in [4.69, 9.17) is 18.3 Å². The molecule has 3 aromatic rings. The third kappa shape index (κ3) is 7.64. The molecule has 0 atom stereocenters. The maximum absolute atomic E-state index is 13.3. The summed E-state index contributed by atoms with van der Waals surface area (Å²) in [7, 11) is 0. The van der Waals surface area contributed by atoms with Crippen LogP contribution < -0.4 is 10.2 Å². The van der Waals surface area contributed by atoms with Crippen LogP contribution in [0.3, 0.4) is 0 Å². The second-order valence-corrected chi connectivity index (χ2v) is 11.5. The van der Waals surface area contributed by atoms with Crippen LogP contribution in [0.1, 0.15) is 57.7 Å². The van der Waals surface area contributed by atoms with Crippen molar-refractivity contribution in [2.75, 3.05) is 36.4 Å². The van der Waals surface area contributed by atoms with Gasteiger partial charge in [0, 0.05) is 43.9 Å². The molecule has 3 heterocycles. The Morgan fingerprint density at radius 3 is 2.30 bits per heavy atom. The van der Waals surface area contributed by atoms with Gasteiger partial charge >= 0.3 is 12.2 Å². The van der Waals surface area contributed by atoms with Crippen molar-refractivity contribution in [2.24, 2.45) is 0 Å². The number of ketones is 1. The lowest BCUT2D eigenvalue weighted by Crippen LogP contribution is -2.50. The fraction of sp³-hybridized carbons (Fsp3) is 0.448. The van der Waals surface area contributed by atoms with Gasteiger partial charge in [-0.1, -0.05) is 0 Å². The Hall–Kier alpha value is -4.28. The van der Waals surface area contributed by atoms with Gasteiger partial charge in [-0.25, -0.2) is 14.6 Å². The van der Waals surface area contributed by atoms with Crippen molar-refractivity contribution >= 4 is 29.7 Å². The smallest absolute Gasteiger partial charge is 0.412 e. The zero-order valence-corrected chi connectivity index (χ0v) is 23.8. The van der Waals surface area contributed by atoms with Crippen LogP contribution in [0.5, 0.6) is 0 Å². The molecule has 1 N–H and O–H groups in total. The summed E-state index contributed by atoms with van der Waals surface area (Å²) >= 11 is 0. The first-order chi connectivity index (χ1) is 18.8. The summed E-state index contributed by atoms with van der Waals surface area (Å²) in [6, 6.07) is 9.19. The Bertz CT molecular complexity index is 1340. The lowest BCUT2D eigenvalue weighted by molar-refractivity contribution is 0.0238. The van der Waals surface area contributed by atoms with E-state index in [1.54, 1.807) is 56.2 Å². The predicted octanol–water partition coefficient (Wildman–Crippen LogP) is 5.76. The normalized spacial score (nSPS) is 14.2. The Morgan fingerprint density at radius 1 is 0.975 bits per heavy atom. The van der Waals surface area contributed by atoms with Gasteiger partial charge in [0.05, 0.1) is 12.5 Å². The van der Waals surface area contributed by atoms with E-state index in [1.165, 1.54) is 6.20 Å². The van der Waals surface area contributed by atoms with Crippen molar-refractivity contribution in [3.8, 4) is 11.3 Å². The molecule has 1 saturated heterocycles. The van der Waals surface area contributed by atoms with E-state index in [0.717, 1.165) is 5.56 Å². The van der Waals surface area contributed by atoms with Crippen molar-refractivity contribution in [2.45, 2.75) is 59.2 Å². The summed E-state index contributed by atoms with van der Waals surface area (Å²) < 4.78 is 22.2. The van der Waals surface area contributed by atoms with Gasteiger partial charge in [0.1, 0.15) is 17.0 Å². The molecule has 1 aliphatic heterocycles. The number of benzene rings is 1. The quantitative estimate of drug-likeness (QED) is 0.379. The van der Waals surface area contributed by atoms with Crippen LogP contribution in [-0.2, 0) is 15.9 Å². The number of anilines is 2. The second-order valence-electron chi connectivity index (χ2n) is 11.5. The number of ether oxygens (including phenoxy) is 2. The van der Waals surface area contributed by atoms with Gasteiger partial charge in [-0.05, 0) is 77.4 Å². The highest BCUT2D eigenvalue weighted by Gasteiger charge is 2.28. The molecule has 1 aliphatic rings. The van der Waals surface area contributed by atoms with E-state index in [9.17, 15) is 14.4 Å². The first-order valence-electron chi connectivity index (χ1n) is 13.2. The maximum Gasteiger partial charge on any atom is 0.412 e. The molecule has 0 unspecified atom stereocenters. The summed E-state index contributed by atoms with van der Waals surface area (Å²) in [5, 5.41) is 2.74. The average molecular weight is 553 g/mol. The lowest BCUT2D eigenvalue weighted by Gasteiger charge is -2.34. The van der Waals surface area contributed by atoms with Gasteiger partial charge in [0.15, 0.2) is 5.76 Å². The zero-order valence-electron chi connectivity index (χ0n) is 23.8. The van der Waals surface area contributed by atoms with Crippen LogP contribution >= 0.6 is 0 Å². The molecule has 2 amide bonds. The van der Waals surface area contributed by atoms with E-state index in [1.807, 2.05) is 31.7 Å². The molecule has 11 heteroatoms. The van der Waals surface area contributed by atoms with E-state index in [2.05, 4.69) is 10.3 Å². The van der Waals surface area contributed by atoms with Crippen molar-refractivity contribution in [1.82, 2.24) is 9.88 Å². The summed E-state index contributed by atoms with van der Waals surface area (Å²) in [6.45, 7) is 12.7. The topological polar surface area (TPSA) is 127 Å². The number of hydrogen-bond acceptors (Lipinski definition) is 9. The number of amides is 2. The molecule has 0 aliphatic carbocycles. The number of carbonyl (C=O) groups excluding carboxylic acids is 3. The first-order valence-corrected chi connectivity index (χ1v) is 13.2. The summed E-state index contributed by atoms with van der Waals surface area (Å²) in [5.41, 5.74) is 0.516. The van der Waals surface area contributed by atoms with E-state index in [0.29, 0.717) is 49.2 Å². The van der Waals surface area contributed by atoms with Crippen molar-refractivity contribution in [3.63, 3.8) is 0 Å². The number of aromatic nitrogens is 1. The van der Waals surface area contributed by atoms with Crippen LogP contribution in [0, 0.1) is 0 Å². The molecular formula is C29H36N4O7. The SMILES string of the molecule is CC(C)(C)OC(=O)Nc1ccc(-c2ccco2)cc1CC(=O)c1cnc(N2CCN(C(=O)OC(C)(C)C)CC2)o1. The van der Waals surface area contributed by atoms with Crippen molar-refractivity contribution < 1.29 is 32.7 Å². The number of furan rings is 1. The molecule has 0 bridgehead atoms. The minimum absolute atomic E-state index is 0.0548. The Kier molecular flexibility index (Phi) is 8.22. The van der Waals surface area contributed by atoms with Gasteiger partial charge in [-0.3, -0.25) is 10.1 Å². The minimum atomic E-state index is -0.678. The Balaban J connectivity index is 1.45. The van der Waals surface area contributed by atoms with E-state index >= 15 is 0 Å². The molecular weight excluding hydrogens is 516 g/mol. The molecule has 1 aromatic carbocycles. The Morgan fingerprint density at radius 2 is 1.68 bits per heavy atom. The largest absolute Gasteiger partial charge is 0.464 e. The highest BCUT2D eigenvalue weighted by atomic mass is 16.6. The minimum Gasteiger partial charge on any atom is -0.464 e. The number of rotatable bonds is 6. The van der Waals surface area contributed by atoms with Crippen LogP contribution in [-0.4, -0.2) is 65.2 Å².